The van der Waals surface area contributed by atoms with Gasteiger partial charge in [-0.3, -0.25) is 44.4 Å². The van der Waals surface area contributed by atoms with Gasteiger partial charge in [0.25, 0.3) is 0 Å². The first-order valence-electron chi connectivity index (χ1n) is 23.1. The Morgan fingerprint density at radius 1 is 0.792 bits per heavy atom. The number of hydrogen-bond donors (Lipinski definition) is 13. The smallest absolute Gasteiger partial charge is 0.332 e. The molecule has 3 heterocycles. The van der Waals surface area contributed by atoms with E-state index in [0.717, 1.165) is 15.8 Å². The van der Waals surface area contributed by atoms with Crippen LogP contribution in [0.4, 0.5) is 4.79 Å². The molecule has 1 fully saturated rings. The van der Waals surface area contributed by atoms with E-state index in [0.29, 0.717) is 16.8 Å². The molecule has 1 aliphatic rings. The van der Waals surface area contributed by atoms with Gasteiger partial charge in [-0.15, -0.1) is 0 Å². The summed E-state index contributed by atoms with van der Waals surface area (Å²) in [6, 6.07) is 6.11. The molecular weight excluding hydrogens is 971 g/mol. The number of imidazole rings is 1. The van der Waals surface area contributed by atoms with Crippen molar-refractivity contribution in [1.82, 2.24) is 57.1 Å². The highest BCUT2D eigenvalue weighted by Gasteiger charge is 2.41. The lowest BCUT2D eigenvalue weighted by atomic mass is 10.0. The number of nitrogens with zero attached hydrogens (tertiary/aromatic N) is 3. The third-order valence-corrected chi connectivity index (χ3v) is 13.6. The van der Waals surface area contributed by atoms with Crippen LogP contribution < -0.4 is 54.4 Å². The molecule has 9 atom stereocenters. The van der Waals surface area contributed by atoms with Gasteiger partial charge >= 0.3 is 11.9 Å². The number of carbonyl (C=O) groups excluding carboxylic acids is 8. The minimum Gasteiger partial charge on any atom is -0.371 e. The predicted octanol–water partition coefficient (Wildman–Crippen LogP) is -2.20. The predicted molar refractivity (Wildman–Crippen MR) is 271 cm³/mol. The van der Waals surface area contributed by atoms with Crippen molar-refractivity contribution in [1.29, 1.82) is 0 Å². The number of aromatic amines is 2. The lowest BCUT2D eigenvalue weighted by Gasteiger charge is -2.28. The van der Waals surface area contributed by atoms with Gasteiger partial charge in [0.2, 0.25) is 35.4 Å². The molecule has 1 aliphatic heterocycles. The highest BCUT2D eigenvalue weighted by molar-refractivity contribution is 8.76. The standard InChI is InChI=1S/C46H63N15O9S2/c1-24(54-39(64)26(3)61-44(69)25(2)55-46(61)70)38(63)57-35(19-29-21-50-23-53-29)43(68)58-33(17-27-11-6-5-7-12-27)41(66)56-32(15-10-16-51-45(48)49)40(65)59-34(42(67)60-36(37(47)62)22-72-71-4)18-28-20-52-31-14-9-8-13-30(28)31/h5-9,11-14,20-21,23-26,32-36,44,52,69H,10,15-19,22H2,1-4H3,(H2,47,62)(H,50,53)(H,54,64)(H,55,70)(H,56,66)(H,57,63)(H,58,68)(H,59,65)(H,60,67)(H4,48,49,51)/p+1. The minimum atomic E-state index is -1.37. The monoisotopic (exact) mass is 1030 g/mol. The van der Waals surface area contributed by atoms with Gasteiger partial charge < -0.3 is 63.8 Å². The Balaban J connectivity index is 1.40. The Labute approximate surface area is 423 Å². The number of amides is 9. The zero-order valence-corrected chi connectivity index (χ0v) is 41.9. The number of aliphatic hydroxyl groups is 1. The summed E-state index contributed by atoms with van der Waals surface area (Å²) in [5, 5.41) is 30.0. The number of aliphatic imine (C=N–C) groups is 1. The van der Waals surface area contributed by atoms with Crippen LogP contribution in [0.3, 0.4) is 0 Å². The van der Waals surface area contributed by atoms with Crippen LogP contribution in [-0.4, -0.2) is 151 Å². The molecule has 26 heteroatoms. The maximum atomic E-state index is 14.6. The number of fused-ring (bicyclic) bond motifs is 1. The van der Waals surface area contributed by atoms with Crippen molar-refractivity contribution < 1.29 is 49.2 Å². The van der Waals surface area contributed by atoms with Crippen molar-refractivity contribution in [2.24, 2.45) is 16.5 Å². The lowest BCUT2D eigenvalue weighted by Crippen LogP contribution is -2.68. The van der Waals surface area contributed by atoms with Crippen molar-refractivity contribution in [3.8, 4) is 0 Å². The summed E-state index contributed by atoms with van der Waals surface area (Å²) in [6.07, 6.45) is 4.99. The number of para-hydroxylation sites is 1. The van der Waals surface area contributed by atoms with Gasteiger partial charge in [0.1, 0.15) is 36.3 Å². The van der Waals surface area contributed by atoms with Gasteiger partial charge in [-0.2, -0.15) is 0 Å². The van der Waals surface area contributed by atoms with Crippen LogP contribution in [0.15, 0.2) is 78.3 Å². The average Bonchev–Trinajstić information content (AvgIpc) is 4.08. The number of nitrogens with two attached hydrogens (primary N) is 2. The average molecular weight is 1040 g/mol. The van der Waals surface area contributed by atoms with Crippen LogP contribution in [-0.2, 0) is 52.8 Å². The Morgan fingerprint density at radius 3 is 2.00 bits per heavy atom. The number of hydrogen-bond acceptors (Lipinski definition) is 13. The number of quaternary nitrogens is 1. The highest BCUT2D eigenvalue weighted by Crippen LogP contribution is 2.21. The van der Waals surface area contributed by atoms with E-state index in [1.54, 1.807) is 43.5 Å². The second kappa shape index (κ2) is 26.9. The largest absolute Gasteiger partial charge is 0.371 e. The zero-order chi connectivity index (χ0) is 52.5. The zero-order valence-electron chi connectivity index (χ0n) is 40.3. The van der Waals surface area contributed by atoms with Crippen molar-refractivity contribution in [3.05, 3.63) is 90.1 Å². The SMILES string of the molecule is CSSCC(NC(=O)C(Cc1c[nH]c2ccccc12)NC(=O)C(CCCN=C(N)N)NC(=O)C(Cc1ccccc1)NC(=O)C(Cc1cnc[nH]1)NC(=O)C(C)NC(=O)C(C)N1C(=O)NC(C)C1O)C([NH3+])=O. The number of nitrogens with one attached hydrogen (secondary N) is 9. The first kappa shape index (κ1) is 55.8. The normalized spacial score (nSPS) is 17.2. The van der Waals surface area contributed by atoms with Gasteiger partial charge in [-0.1, -0.05) is 70.1 Å². The summed E-state index contributed by atoms with van der Waals surface area (Å²) in [6.45, 7) is 4.41. The third kappa shape index (κ3) is 15.9. The summed E-state index contributed by atoms with van der Waals surface area (Å²) in [5.41, 5.74) is 17.2. The van der Waals surface area contributed by atoms with Crippen LogP contribution in [0, 0.1) is 0 Å². The summed E-state index contributed by atoms with van der Waals surface area (Å²) in [7, 11) is 2.75. The molecule has 9 unspecified atom stereocenters. The topological polar surface area (TPSA) is 381 Å². The highest BCUT2D eigenvalue weighted by atomic mass is 33.1. The lowest BCUT2D eigenvalue weighted by molar-refractivity contribution is -0.307. The van der Waals surface area contributed by atoms with Gasteiger partial charge in [0.15, 0.2) is 18.2 Å². The maximum Gasteiger partial charge on any atom is 0.332 e. The molecule has 2 aromatic heterocycles. The van der Waals surface area contributed by atoms with Crippen LogP contribution >= 0.6 is 21.6 Å². The van der Waals surface area contributed by atoms with Crippen LogP contribution in [0.5, 0.6) is 0 Å². The number of aromatic nitrogens is 3. The molecule has 24 nitrogen and oxygen atoms in total. The van der Waals surface area contributed by atoms with Crippen molar-refractivity contribution in [2.75, 3.05) is 18.6 Å². The minimum absolute atomic E-state index is 0.0145. The molecule has 388 valence electrons. The van der Waals surface area contributed by atoms with Crippen LogP contribution in [0.1, 0.15) is 50.4 Å². The number of carbonyl (C=O) groups is 8. The summed E-state index contributed by atoms with van der Waals surface area (Å²) < 4.78 is 0. The Kier molecular flexibility index (Phi) is 20.8. The molecule has 0 spiro atoms. The summed E-state index contributed by atoms with van der Waals surface area (Å²) in [4.78, 5) is 125. The van der Waals surface area contributed by atoms with E-state index >= 15 is 0 Å². The number of H-pyrrole nitrogens is 2. The second-order valence-electron chi connectivity index (χ2n) is 17.2. The Hall–Kier alpha value is -7.16. The van der Waals surface area contributed by atoms with E-state index in [-0.39, 0.29) is 50.4 Å². The second-order valence-corrected chi connectivity index (χ2v) is 19.8. The van der Waals surface area contributed by atoms with E-state index in [2.05, 4.69) is 62.9 Å². The van der Waals surface area contributed by atoms with Crippen molar-refractivity contribution in [3.63, 3.8) is 0 Å². The van der Waals surface area contributed by atoms with Crippen molar-refractivity contribution in [2.45, 2.75) is 107 Å². The first-order chi connectivity index (χ1) is 34.4. The quantitative estimate of drug-likeness (QED) is 0.0131. The third-order valence-electron chi connectivity index (χ3n) is 11.8. The fourth-order valence-electron chi connectivity index (χ4n) is 7.76. The number of urea groups is 1. The molecule has 5 rings (SSSR count). The Morgan fingerprint density at radius 2 is 1.39 bits per heavy atom. The molecule has 4 aromatic rings. The molecule has 9 amide bonds. The first-order valence-corrected chi connectivity index (χ1v) is 25.8. The maximum absolute atomic E-state index is 14.6. The molecule has 1 saturated heterocycles. The van der Waals surface area contributed by atoms with E-state index in [9.17, 15) is 43.5 Å². The number of aliphatic hydroxyl groups excluding tert-OH is 1. The molecule has 0 radical (unpaired) electrons. The fraction of sp³-hybridized carbons (Fsp3) is 0.435. The van der Waals surface area contributed by atoms with Gasteiger partial charge in [-0.05, 0) is 57.1 Å². The van der Waals surface area contributed by atoms with Crippen LogP contribution in [0.25, 0.3) is 10.9 Å². The van der Waals surface area contributed by atoms with E-state index < -0.39 is 102 Å². The van der Waals surface area contributed by atoms with E-state index in [1.165, 1.54) is 48.0 Å². The van der Waals surface area contributed by atoms with Gasteiger partial charge in [-0.25, -0.2) is 14.6 Å². The molecule has 72 heavy (non-hydrogen) atoms. The van der Waals surface area contributed by atoms with Gasteiger partial charge in [0.05, 0.1) is 12.4 Å². The summed E-state index contributed by atoms with van der Waals surface area (Å²) >= 11 is 0. The van der Waals surface area contributed by atoms with Crippen molar-refractivity contribution >= 4 is 85.8 Å². The van der Waals surface area contributed by atoms with Gasteiger partial charge in [0, 0.05) is 60.6 Å². The molecule has 0 bridgehead atoms. The fourth-order valence-corrected chi connectivity index (χ4v) is 9.12. The molecule has 2 aromatic carbocycles. The number of guanidine groups is 1. The van der Waals surface area contributed by atoms with E-state index in [4.69, 9.17) is 11.5 Å². The molecular formula is C46H64N15O9S2+. The number of rotatable bonds is 27. The number of benzene rings is 2. The molecule has 0 saturated carbocycles. The Bertz CT molecular complexity index is 2540. The van der Waals surface area contributed by atoms with E-state index in [1.807, 2.05) is 30.5 Å². The molecule has 0 aliphatic carbocycles. The summed E-state index contributed by atoms with van der Waals surface area (Å²) in [5.74, 6) is -5.09. The van der Waals surface area contributed by atoms with Crippen LogP contribution in [0.2, 0.25) is 0 Å². The molecule has 17 N–H and O–H groups in total.